The zero-order valence-electron chi connectivity index (χ0n) is 16.7. The summed E-state index contributed by atoms with van der Waals surface area (Å²) in [6, 6.07) is 12.8. The molecule has 1 aromatic heterocycles. The molecule has 0 aliphatic carbocycles. The zero-order valence-corrected chi connectivity index (χ0v) is 19.1. The van der Waals surface area contributed by atoms with E-state index in [1.165, 1.54) is 11.1 Å². The van der Waals surface area contributed by atoms with E-state index in [0.29, 0.717) is 28.0 Å². The second-order valence-corrected chi connectivity index (χ2v) is 8.62. The Kier molecular flexibility index (Phi) is 7.58. The van der Waals surface area contributed by atoms with E-state index in [2.05, 4.69) is 53.3 Å². The van der Waals surface area contributed by atoms with Crippen molar-refractivity contribution in [3.63, 3.8) is 0 Å². The van der Waals surface area contributed by atoms with Crippen LogP contribution in [0.5, 0.6) is 0 Å². The molecule has 1 atom stereocenters. The monoisotopic (exact) mass is 460 g/mol. The highest BCUT2D eigenvalue weighted by atomic mass is 35.5. The van der Waals surface area contributed by atoms with E-state index < -0.39 is 0 Å². The zero-order chi connectivity index (χ0) is 21.7. The number of allylic oxidation sites excluding steroid dienone is 1. The molecule has 0 aliphatic heterocycles. The molecule has 0 spiro atoms. The first-order chi connectivity index (χ1) is 14.4. The number of thioether (sulfide) groups is 1. The number of carbonyl (C=O) groups is 1. The quantitative estimate of drug-likeness (QED) is 0.337. The van der Waals surface area contributed by atoms with E-state index in [1.54, 1.807) is 36.0 Å². The Hall–Kier alpha value is -2.28. The average molecular weight is 461 g/mol. The minimum absolute atomic E-state index is 0.300. The van der Waals surface area contributed by atoms with E-state index in [1.807, 2.05) is 11.5 Å². The molecule has 30 heavy (non-hydrogen) atoms. The van der Waals surface area contributed by atoms with Crippen LogP contribution in [0.15, 0.2) is 60.3 Å². The van der Waals surface area contributed by atoms with Crippen molar-refractivity contribution in [3.8, 4) is 0 Å². The van der Waals surface area contributed by atoms with Crippen molar-refractivity contribution in [1.29, 1.82) is 0 Å². The number of amides is 1. The molecule has 2 aromatic carbocycles. The van der Waals surface area contributed by atoms with Crippen LogP contribution < -0.4 is 5.32 Å². The van der Waals surface area contributed by atoms with E-state index in [-0.39, 0.29) is 11.9 Å². The third-order valence-electron chi connectivity index (χ3n) is 4.46. The van der Waals surface area contributed by atoms with Gasteiger partial charge in [0.2, 0.25) is 0 Å². The second-order valence-electron chi connectivity index (χ2n) is 6.83. The summed E-state index contributed by atoms with van der Waals surface area (Å²) in [4.78, 5) is 12.7. The highest BCUT2D eigenvalue weighted by Crippen LogP contribution is 2.25. The Balaban J connectivity index is 1.75. The molecule has 0 radical (unpaired) electrons. The highest BCUT2D eigenvalue weighted by molar-refractivity contribution is 7.98. The van der Waals surface area contributed by atoms with Crippen LogP contribution in [0.25, 0.3) is 0 Å². The molecule has 156 valence electrons. The van der Waals surface area contributed by atoms with Gasteiger partial charge in [-0.2, -0.15) is 0 Å². The van der Waals surface area contributed by atoms with Crippen LogP contribution in [0.4, 0.5) is 0 Å². The van der Waals surface area contributed by atoms with Crippen LogP contribution in [-0.4, -0.2) is 20.7 Å². The Morgan fingerprint density at radius 1 is 1.23 bits per heavy atom. The molecular weight excluding hydrogens is 439 g/mol. The molecule has 3 rings (SSSR count). The molecule has 5 nitrogen and oxygen atoms in total. The van der Waals surface area contributed by atoms with Crippen LogP contribution in [0.1, 0.15) is 40.3 Å². The van der Waals surface area contributed by atoms with E-state index >= 15 is 0 Å². The summed E-state index contributed by atoms with van der Waals surface area (Å²) in [5.41, 5.74) is 2.79. The Morgan fingerprint density at radius 2 is 1.97 bits per heavy atom. The molecular formula is C22H22Cl2N4OS. The highest BCUT2D eigenvalue weighted by Gasteiger charge is 2.21. The molecule has 1 amide bonds. The number of hydrogen-bond donors (Lipinski definition) is 1. The number of carbonyl (C=O) groups excluding carboxylic acids is 1. The van der Waals surface area contributed by atoms with Crippen molar-refractivity contribution in [3.05, 3.63) is 87.7 Å². The standard InChI is InChI=1S/C22H22Cl2N4OS/c1-4-11-28-20(15(3)25-21(29)18-10-9-17(23)12-19(18)24)26-27-22(28)30-13-16-7-5-14(2)6-8-16/h4-10,12,15H,1,11,13H2,2-3H3,(H,25,29). The van der Waals surface area contributed by atoms with Gasteiger partial charge in [0, 0.05) is 17.3 Å². The summed E-state index contributed by atoms with van der Waals surface area (Å²) in [7, 11) is 0. The van der Waals surface area contributed by atoms with Gasteiger partial charge in [-0.3, -0.25) is 4.79 Å². The van der Waals surface area contributed by atoms with Crippen molar-refractivity contribution in [2.45, 2.75) is 37.3 Å². The van der Waals surface area contributed by atoms with Gasteiger partial charge in [-0.05, 0) is 37.6 Å². The van der Waals surface area contributed by atoms with Gasteiger partial charge in [0.25, 0.3) is 5.91 Å². The summed E-state index contributed by atoms with van der Waals surface area (Å²) in [5.74, 6) is 1.13. The minimum Gasteiger partial charge on any atom is -0.342 e. The lowest BCUT2D eigenvalue weighted by Gasteiger charge is -2.16. The maximum absolute atomic E-state index is 12.7. The maximum Gasteiger partial charge on any atom is 0.253 e. The number of hydrogen-bond acceptors (Lipinski definition) is 4. The second kappa shape index (κ2) is 10.2. The maximum atomic E-state index is 12.7. The molecule has 0 saturated heterocycles. The fraction of sp³-hybridized carbons (Fsp3) is 0.227. The van der Waals surface area contributed by atoms with Crippen molar-refractivity contribution in [2.24, 2.45) is 0 Å². The topological polar surface area (TPSA) is 59.8 Å². The number of halogens is 2. The molecule has 3 aromatic rings. The fourth-order valence-electron chi connectivity index (χ4n) is 2.87. The molecule has 0 aliphatic rings. The lowest BCUT2D eigenvalue weighted by Crippen LogP contribution is -2.29. The normalized spacial score (nSPS) is 11.9. The van der Waals surface area contributed by atoms with Crippen LogP contribution in [0.3, 0.4) is 0 Å². The van der Waals surface area contributed by atoms with Crippen LogP contribution in [-0.2, 0) is 12.3 Å². The summed E-state index contributed by atoms with van der Waals surface area (Å²) in [6.07, 6.45) is 1.79. The summed E-state index contributed by atoms with van der Waals surface area (Å²) in [6.45, 7) is 8.30. The molecule has 1 heterocycles. The van der Waals surface area contributed by atoms with Crippen molar-refractivity contribution >= 4 is 40.9 Å². The van der Waals surface area contributed by atoms with E-state index in [4.69, 9.17) is 23.2 Å². The van der Waals surface area contributed by atoms with Crippen LogP contribution in [0.2, 0.25) is 10.0 Å². The third-order valence-corrected chi connectivity index (χ3v) is 6.04. The van der Waals surface area contributed by atoms with Gasteiger partial charge in [-0.15, -0.1) is 16.8 Å². The Bertz CT molecular complexity index is 1050. The summed E-state index contributed by atoms with van der Waals surface area (Å²) in [5, 5.41) is 13.1. The van der Waals surface area contributed by atoms with Crippen molar-refractivity contribution < 1.29 is 4.79 Å². The van der Waals surface area contributed by atoms with Crippen LogP contribution >= 0.6 is 35.0 Å². The molecule has 8 heteroatoms. The summed E-state index contributed by atoms with van der Waals surface area (Å²) < 4.78 is 1.96. The van der Waals surface area contributed by atoms with E-state index in [0.717, 1.165) is 10.9 Å². The molecule has 0 saturated carbocycles. The Morgan fingerprint density at radius 3 is 2.63 bits per heavy atom. The number of aromatic nitrogens is 3. The number of benzene rings is 2. The predicted octanol–water partition coefficient (Wildman–Crippen LogP) is 5.86. The lowest BCUT2D eigenvalue weighted by atomic mass is 10.2. The van der Waals surface area contributed by atoms with Crippen molar-refractivity contribution in [2.75, 3.05) is 0 Å². The van der Waals surface area contributed by atoms with Gasteiger partial charge < -0.3 is 9.88 Å². The smallest absolute Gasteiger partial charge is 0.253 e. The first-order valence-corrected chi connectivity index (χ1v) is 11.1. The SMILES string of the molecule is C=CCn1c(SCc2ccc(C)cc2)nnc1C(C)NC(=O)c1ccc(Cl)cc1Cl. The number of aryl methyl sites for hydroxylation is 1. The number of rotatable bonds is 8. The molecule has 1 unspecified atom stereocenters. The third kappa shape index (κ3) is 5.45. The van der Waals surface area contributed by atoms with Crippen LogP contribution in [0, 0.1) is 6.92 Å². The number of nitrogens with zero attached hydrogens (tertiary/aromatic N) is 3. The fourth-order valence-corrected chi connectivity index (χ4v) is 4.28. The molecule has 0 fully saturated rings. The predicted molar refractivity (Wildman–Crippen MR) is 123 cm³/mol. The van der Waals surface area contributed by atoms with Gasteiger partial charge in [-0.25, -0.2) is 0 Å². The first kappa shape index (κ1) is 22.4. The average Bonchev–Trinajstić information content (AvgIpc) is 3.10. The van der Waals surface area contributed by atoms with Crippen molar-refractivity contribution in [1.82, 2.24) is 20.1 Å². The Labute approximate surface area is 190 Å². The summed E-state index contributed by atoms with van der Waals surface area (Å²) >= 11 is 13.7. The largest absolute Gasteiger partial charge is 0.342 e. The molecule has 1 N–H and O–H groups in total. The van der Waals surface area contributed by atoms with E-state index in [9.17, 15) is 4.79 Å². The van der Waals surface area contributed by atoms with Gasteiger partial charge in [0.05, 0.1) is 16.6 Å². The van der Waals surface area contributed by atoms with Gasteiger partial charge in [0.1, 0.15) is 0 Å². The van der Waals surface area contributed by atoms with Gasteiger partial charge >= 0.3 is 0 Å². The lowest BCUT2D eigenvalue weighted by molar-refractivity contribution is 0.0937. The minimum atomic E-state index is -0.370. The first-order valence-electron chi connectivity index (χ1n) is 9.37. The van der Waals surface area contributed by atoms with Gasteiger partial charge in [0.15, 0.2) is 11.0 Å². The number of nitrogens with one attached hydrogen (secondary N) is 1. The molecule has 0 bridgehead atoms. The van der Waals surface area contributed by atoms with Gasteiger partial charge in [-0.1, -0.05) is 70.9 Å².